The number of aromatic nitrogens is 3. The Bertz CT molecular complexity index is 504. The first-order valence-corrected chi connectivity index (χ1v) is 7.39. The number of nitrogens with one attached hydrogen (secondary N) is 1. The lowest BCUT2D eigenvalue weighted by Gasteiger charge is -2.17. The van der Waals surface area contributed by atoms with Gasteiger partial charge in [-0.3, -0.25) is 9.67 Å². The maximum absolute atomic E-state index is 4.63. The standard InChI is InChI=1S/C16H24N4/c1-4-9-17-16(15-7-5-6-10-18-15)12-14-8-11-20(19-14)13(2)3/h5-8,10-11,13,16-17H,4,9,12H2,1-3H3. The van der Waals surface area contributed by atoms with Crippen LogP contribution in [0.3, 0.4) is 0 Å². The van der Waals surface area contributed by atoms with E-state index in [-0.39, 0.29) is 6.04 Å². The van der Waals surface area contributed by atoms with Gasteiger partial charge in [-0.1, -0.05) is 13.0 Å². The highest BCUT2D eigenvalue weighted by atomic mass is 15.3. The molecule has 0 bridgehead atoms. The zero-order chi connectivity index (χ0) is 14.4. The summed E-state index contributed by atoms with van der Waals surface area (Å²) in [6, 6.07) is 8.80. The maximum Gasteiger partial charge on any atom is 0.0644 e. The van der Waals surface area contributed by atoms with Crippen LogP contribution in [0.2, 0.25) is 0 Å². The Labute approximate surface area is 121 Å². The molecule has 1 atom stereocenters. The van der Waals surface area contributed by atoms with Crippen molar-refractivity contribution in [2.24, 2.45) is 0 Å². The summed E-state index contributed by atoms with van der Waals surface area (Å²) in [7, 11) is 0. The van der Waals surface area contributed by atoms with Crippen LogP contribution < -0.4 is 5.32 Å². The molecule has 0 spiro atoms. The summed E-state index contributed by atoms with van der Waals surface area (Å²) >= 11 is 0. The summed E-state index contributed by atoms with van der Waals surface area (Å²) in [5.74, 6) is 0. The quantitative estimate of drug-likeness (QED) is 0.842. The second kappa shape index (κ2) is 7.20. The minimum atomic E-state index is 0.228. The molecule has 4 nitrogen and oxygen atoms in total. The molecule has 0 aliphatic carbocycles. The Kier molecular flexibility index (Phi) is 5.30. The van der Waals surface area contributed by atoms with Gasteiger partial charge in [-0.25, -0.2) is 0 Å². The van der Waals surface area contributed by atoms with Crippen molar-refractivity contribution < 1.29 is 0 Å². The largest absolute Gasteiger partial charge is 0.308 e. The molecule has 4 heteroatoms. The van der Waals surface area contributed by atoms with Crippen molar-refractivity contribution in [2.75, 3.05) is 6.54 Å². The van der Waals surface area contributed by atoms with E-state index in [9.17, 15) is 0 Å². The van der Waals surface area contributed by atoms with Crippen LogP contribution in [0.25, 0.3) is 0 Å². The molecule has 108 valence electrons. The Morgan fingerprint density at radius 3 is 2.70 bits per heavy atom. The van der Waals surface area contributed by atoms with Crippen molar-refractivity contribution in [3.05, 3.63) is 48.0 Å². The summed E-state index contributed by atoms with van der Waals surface area (Å²) in [5, 5.41) is 8.19. The summed E-state index contributed by atoms with van der Waals surface area (Å²) < 4.78 is 2.00. The van der Waals surface area contributed by atoms with Crippen molar-refractivity contribution in [3.63, 3.8) is 0 Å². The molecule has 0 fully saturated rings. The van der Waals surface area contributed by atoms with Gasteiger partial charge in [0, 0.05) is 24.9 Å². The van der Waals surface area contributed by atoms with E-state index in [1.54, 1.807) is 0 Å². The fourth-order valence-corrected chi connectivity index (χ4v) is 2.16. The topological polar surface area (TPSA) is 42.7 Å². The van der Waals surface area contributed by atoms with Gasteiger partial charge >= 0.3 is 0 Å². The van der Waals surface area contributed by atoms with Crippen molar-refractivity contribution in [2.45, 2.75) is 45.7 Å². The zero-order valence-corrected chi connectivity index (χ0v) is 12.6. The second-order valence-electron chi connectivity index (χ2n) is 5.35. The summed E-state index contributed by atoms with van der Waals surface area (Å²) in [6.45, 7) is 7.45. The Morgan fingerprint density at radius 1 is 1.25 bits per heavy atom. The molecule has 2 heterocycles. The predicted molar refractivity (Wildman–Crippen MR) is 81.6 cm³/mol. The van der Waals surface area contributed by atoms with Gasteiger partial charge in [-0.15, -0.1) is 0 Å². The number of hydrogen-bond donors (Lipinski definition) is 1. The molecule has 20 heavy (non-hydrogen) atoms. The van der Waals surface area contributed by atoms with Gasteiger partial charge in [0.25, 0.3) is 0 Å². The van der Waals surface area contributed by atoms with Crippen molar-refractivity contribution in [3.8, 4) is 0 Å². The third kappa shape index (κ3) is 3.90. The van der Waals surface area contributed by atoms with Crippen LogP contribution in [0, 0.1) is 0 Å². The molecule has 0 amide bonds. The Balaban J connectivity index is 2.10. The summed E-state index contributed by atoms with van der Waals surface area (Å²) in [4.78, 5) is 4.47. The fraction of sp³-hybridized carbons (Fsp3) is 0.500. The molecule has 0 aliphatic rings. The zero-order valence-electron chi connectivity index (χ0n) is 12.6. The molecule has 0 saturated heterocycles. The van der Waals surface area contributed by atoms with Crippen LogP contribution in [0.4, 0.5) is 0 Å². The number of hydrogen-bond acceptors (Lipinski definition) is 3. The van der Waals surface area contributed by atoms with E-state index in [1.807, 2.05) is 23.0 Å². The highest BCUT2D eigenvalue weighted by molar-refractivity contribution is 5.13. The lowest BCUT2D eigenvalue weighted by Crippen LogP contribution is -2.25. The van der Waals surface area contributed by atoms with Crippen molar-refractivity contribution >= 4 is 0 Å². The maximum atomic E-state index is 4.63. The van der Waals surface area contributed by atoms with Gasteiger partial charge in [0.2, 0.25) is 0 Å². The smallest absolute Gasteiger partial charge is 0.0644 e. The number of rotatable bonds is 7. The number of pyridine rings is 1. The third-order valence-corrected chi connectivity index (χ3v) is 3.29. The van der Waals surface area contributed by atoms with Crippen LogP contribution in [0.5, 0.6) is 0 Å². The average Bonchev–Trinajstić information content (AvgIpc) is 2.93. The first-order valence-electron chi connectivity index (χ1n) is 7.39. The highest BCUT2D eigenvalue weighted by Gasteiger charge is 2.14. The van der Waals surface area contributed by atoms with E-state index in [1.165, 1.54) is 0 Å². The lowest BCUT2D eigenvalue weighted by molar-refractivity contribution is 0.493. The predicted octanol–water partition coefficient (Wildman–Crippen LogP) is 3.14. The molecular weight excluding hydrogens is 248 g/mol. The average molecular weight is 272 g/mol. The van der Waals surface area contributed by atoms with E-state index >= 15 is 0 Å². The van der Waals surface area contributed by atoms with E-state index in [0.29, 0.717) is 6.04 Å². The first kappa shape index (κ1) is 14.7. The monoisotopic (exact) mass is 272 g/mol. The van der Waals surface area contributed by atoms with Gasteiger partial charge in [0.05, 0.1) is 17.4 Å². The molecular formula is C16H24N4. The van der Waals surface area contributed by atoms with Gasteiger partial charge in [0.1, 0.15) is 0 Å². The highest BCUT2D eigenvalue weighted by Crippen LogP contribution is 2.16. The first-order chi connectivity index (χ1) is 9.70. The Morgan fingerprint density at radius 2 is 2.10 bits per heavy atom. The van der Waals surface area contributed by atoms with E-state index in [0.717, 1.165) is 30.8 Å². The van der Waals surface area contributed by atoms with Crippen LogP contribution in [-0.2, 0) is 6.42 Å². The van der Waals surface area contributed by atoms with Crippen LogP contribution in [0.1, 0.15) is 50.7 Å². The molecule has 0 aromatic carbocycles. The molecule has 0 radical (unpaired) electrons. The normalized spacial score (nSPS) is 12.8. The van der Waals surface area contributed by atoms with Gasteiger partial charge in [-0.2, -0.15) is 5.10 Å². The van der Waals surface area contributed by atoms with E-state index in [4.69, 9.17) is 0 Å². The van der Waals surface area contributed by atoms with Gasteiger partial charge < -0.3 is 5.32 Å². The molecule has 2 rings (SSSR count). The van der Waals surface area contributed by atoms with Gasteiger partial charge in [0.15, 0.2) is 0 Å². The van der Waals surface area contributed by atoms with Crippen LogP contribution >= 0.6 is 0 Å². The summed E-state index contributed by atoms with van der Waals surface area (Å²) in [6.07, 6.45) is 5.89. The molecule has 0 saturated carbocycles. The number of nitrogens with zero attached hydrogens (tertiary/aromatic N) is 3. The van der Waals surface area contributed by atoms with Crippen LogP contribution in [-0.4, -0.2) is 21.3 Å². The van der Waals surface area contributed by atoms with E-state index in [2.05, 4.69) is 54.5 Å². The molecule has 1 unspecified atom stereocenters. The second-order valence-corrected chi connectivity index (χ2v) is 5.35. The third-order valence-electron chi connectivity index (χ3n) is 3.29. The molecule has 2 aromatic rings. The molecule has 1 N–H and O–H groups in total. The van der Waals surface area contributed by atoms with Crippen LogP contribution in [0.15, 0.2) is 36.7 Å². The SMILES string of the molecule is CCCNC(Cc1ccn(C(C)C)n1)c1ccccn1. The fourth-order valence-electron chi connectivity index (χ4n) is 2.16. The van der Waals surface area contributed by atoms with E-state index < -0.39 is 0 Å². The minimum absolute atomic E-state index is 0.228. The summed E-state index contributed by atoms with van der Waals surface area (Å²) in [5.41, 5.74) is 2.19. The van der Waals surface area contributed by atoms with Gasteiger partial charge in [-0.05, 0) is 45.0 Å². The Hall–Kier alpha value is -1.68. The minimum Gasteiger partial charge on any atom is -0.308 e. The lowest BCUT2D eigenvalue weighted by atomic mass is 10.1. The molecule has 2 aromatic heterocycles. The van der Waals surface area contributed by atoms with Crippen molar-refractivity contribution in [1.82, 2.24) is 20.1 Å². The van der Waals surface area contributed by atoms with Crippen molar-refractivity contribution in [1.29, 1.82) is 0 Å². The molecule has 0 aliphatic heterocycles.